The van der Waals surface area contributed by atoms with Crippen molar-refractivity contribution in [1.29, 1.82) is 0 Å². The first-order valence-electron chi connectivity index (χ1n) is 7.93. The van der Waals surface area contributed by atoms with E-state index in [2.05, 4.69) is 23.2 Å². The van der Waals surface area contributed by atoms with E-state index in [1.807, 2.05) is 39.0 Å². The van der Waals surface area contributed by atoms with Gasteiger partial charge in [-0.25, -0.2) is 4.79 Å². The highest BCUT2D eigenvalue weighted by molar-refractivity contribution is 5.69. The van der Waals surface area contributed by atoms with Crippen LogP contribution in [-0.4, -0.2) is 28.1 Å². The van der Waals surface area contributed by atoms with Gasteiger partial charge < -0.3 is 9.64 Å². The molecule has 0 aliphatic carbocycles. The Bertz CT molecular complexity index is 705. The second kappa shape index (κ2) is 6.03. The molecule has 120 valence electrons. The first kappa shape index (κ1) is 15.5. The molecular weight excluding hydrogens is 288 g/mol. The lowest BCUT2D eigenvalue weighted by molar-refractivity contribution is 0.0224. The number of rotatable bonds is 1. The van der Waals surface area contributed by atoms with Gasteiger partial charge in [-0.3, -0.25) is 4.98 Å². The zero-order valence-corrected chi connectivity index (χ0v) is 13.9. The van der Waals surface area contributed by atoms with Crippen molar-refractivity contribution < 1.29 is 9.53 Å². The Morgan fingerprint density at radius 1 is 1.17 bits per heavy atom. The van der Waals surface area contributed by atoms with Crippen LogP contribution in [0.2, 0.25) is 0 Å². The Labute approximate surface area is 137 Å². The number of fused-ring (bicyclic) bond motifs is 1. The van der Waals surface area contributed by atoms with Gasteiger partial charge in [0.25, 0.3) is 0 Å². The minimum absolute atomic E-state index is 0.239. The van der Waals surface area contributed by atoms with E-state index in [0.29, 0.717) is 13.1 Å². The Kier molecular flexibility index (Phi) is 4.07. The molecule has 0 atom stereocenters. The number of nitrogens with zero attached hydrogens (tertiary/aromatic N) is 2. The van der Waals surface area contributed by atoms with Gasteiger partial charge in [-0.05, 0) is 56.5 Å². The summed E-state index contributed by atoms with van der Waals surface area (Å²) in [6.07, 6.45) is 2.41. The van der Waals surface area contributed by atoms with E-state index in [0.717, 1.165) is 17.7 Å². The predicted molar refractivity (Wildman–Crippen MR) is 90.0 cm³/mol. The van der Waals surface area contributed by atoms with Crippen LogP contribution >= 0.6 is 0 Å². The minimum Gasteiger partial charge on any atom is -0.444 e. The summed E-state index contributed by atoms with van der Waals surface area (Å²) in [6.45, 7) is 6.96. The van der Waals surface area contributed by atoms with Gasteiger partial charge in [-0.1, -0.05) is 18.2 Å². The van der Waals surface area contributed by atoms with E-state index in [1.54, 1.807) is 11.1 Å². The molecule has 1 amide bonds. The van der Waals surface area contributed by atoms with Crippen LogP contribution in [0.25, 0.3) is 11.3 Å². The molecule has 0 radical (unpaired) electrons. The minimum atomic E-state index is -0.458. The maximum Gasteiger partial charge on any atom is 0.410 e. The third-order valence-corrected chi connectivity index (χ3v) is 3.83. The molecule has 1 aliphatic heterocycles. The first-order chi connectivity index (χ1) is 10.9. The highest BCUT2D eigenvalue weighted by atomic mass is 16.6. The number of pyridine rings is 1. The molecule has 4 nitrogen and oxygen atoms in total. The van der Waals surface area contributed by atoms with Crippen molar-refractivity contribution in [2.24, 2.45) is 0 Å². The van der Waals surface area contributed by atoms with Gasteiger partial charge in [0.2, 0.25) is 0 Å². The molecular formula is C19H22N2O2. The molecule has 0 unspecified atom stereocenters. The largest absolute Gasteiger partial charge is 0.444 e. The lowest BCUT2D eigenvalue weighted by atomic mass is 9.96. The zero-order chi connectivity index (χ0) is 16.4. The van der Waals surface area contributed by atoms with Crippen LogP contribution < -0.4 is 0 Å². The van der Waals surface area contributed by atoms with Crippen LogP contribution in [0, 0.1) is 0 Å². The molecule has 0 spiro atoms. The van der Waals surface area contributed by atoms with E-state index in [4.69, 9.17) is 4.74 Å². The number of aromatic nitrogens is 1. The average Bonchev–Trinajstić information content (AvgIpc) is 2.53. The third kappa shape index (κ3) is 3.70. The lowest BCUT2D eigenvalue weighted by Gasteiger charge is -2.31. The van der Waals surface area contributed by atoms with Crippen LogP contribution in [0.1, 0.15) is 31.9 Å². The van der Waals surface area contributed by atoms with E-state index in [1.165, 1.54) is 11.1 Å². The van der Waals surface area contributed by atoms with Crippen LogP contribution in [0.15, 0.2) is 42.6 Å². The van der Waals surface area contributed by atoms with Crippen LogP contribution in [0.5, 0.6) is 0 Å². The second-order valence-electron chi connectivity index (χ2n) is 6.85. The molecule has 1 aromatic carbocycles. The fourth-order valence-corrected chi connectivity index (χ4v) is 2.73. The molecule has 0 N–H and O–H groups in total. The van der Waals surface area contributed by atoms with Crippen LogP contribution in [-0.2, 0) is 17.7 Å². The number of ether oxygens (including phenoxy) is 1. The van der Waals surface area contributed by atoms with Crippen molar-refractivity contribution in [1.82, 2.24) is 9.88 Å². The molecule has 2 aromatic rings. The van der Waals surface area contributed by atoms with E-state index in [9.17, 15) is 4.79 Å². The normalized spacial score (nSPS) is 14.3. The van der Waals surface area contributed by atoms with Gasteiger partial charge in [-0.15, -0.1) is 0 Å². The van der Waals surface area contributed by atoms with E-state index >= 15 is 0 Å². The fourth-order valence-electron chi connectivity index (χ4n) is 2.73. The van der Waals surface area contributed by atoms with Crippen molar-refractivity contribution in [3.05, 3.63) is 53.7 Å². The molecule has 1 aromatic heterocycles. The van der Waals surface area contributed by atoms with Gasteiger partial charge in [0.05, 0.1) is 5.69 Å². The average molecular weight is 310 g/mol. The number of hydrogen-bond donors (Lipinski definition) is 0. The van der Waals surface area contributed by atoms with Crippen LogP contribution in [0.4, 0.5) is 4.79 Å². The topological polar surface area (TPSA) is 42.4 Å². The smallest absolute Gasteiger partial charge is 0.410 e. The van der Waals surface area contributed by atoms with Crippen LogP contribution in [0.3, 0.4) is 0 Å². The molecule has 3 rings (SSSR count). The quantitative estimate of drug-likeness (QED) is 0.798. The third-order valence-electron chi connectivity index (χ3n) is 3.83. The van der Waals surface area contributed by atoms with Crippen molar-refractivity contribution >= 4 is 6.09 Å². The number of benzene rings is 1. The summed E-state index contributed by atoms with van der Waals surface area (Å²) in [5.74, 6) is 0. The lowest BCUT2D eigenvalue weighted by Crippen LogP contribution is -2.39. The standard InChI is InChI=1S/C19H22N2O2/c1-19(2,3)23-18(22)21-11-9-14-12-15(7-8-16(14)13-21)17-6-4-5-10-20-17/h4-8,10,12H,9,11,13H2,1-3H3. The summed E-state index contributed by atoms with van der Waals surface area (Å²) in [4.78, 5) is 18.4. The zero-order valence-electron chi connectivity index (χ0n) is 13.9. The Morgan fingerprint density at radius 2 is 2.00 bits per heavy atom. The summed E-state index contributed by atoms with van der Waals surface area (Å²) >= 11 is 0. The Balaban J connectivity index is 1.77. The molecule has 0 bridgehead atoms. The van der Waals surface area contributed by atoms with Crippen molar-refractivity contribution in [3.63, 3.8) is 0 Å². The first-order valence-corrected chi connectivity index (χ1v) is 7.93. The van der Waals surface area contributed by atoms with Crippen molar-refractivity contribution in [3.8, 4) is 11.3 Å². The molecule has 0 saturated heterocycles. The molecule has 23 heavy (non-hydrogen) atoms. The summed E-state index contributed by atoms with van der Waals surface area (Å²) in [6, 6.07) is 12.3. The van der Waals surface area contributed by atoms with Gasteiger partial charge in [0.1, 0.15) is 5.60 Å². The summed E-state index contributed by atoms with van der Waals surface area (Å²) in [5.41, 5.74) is 4.11. The summed E-state index contributed by atoms with van der Waals surface area (Å²) < 4.78 is 5.46. The van der Waals surface area contributed by atoms with Gasteiger partial charge in [0.15, 0.2) is 0 Å². The van der Waals surface area contributed by atoms with E-state index in [-0.39, 0.29) is 6.09 Å². The summed E-state index contributed by atoms with van der Waals surface area (Å²) in [7, 11) is 0. The van der Waals surface area contributed by atoms with Gasteiger partial charge in [-0.2, -0.15) is 0 Å². The monoisotopic (exact) mass is 310 g/mol. The molecule has 1 aliphatic rings. The molecule has 2 heterocycles. The van der Waals surface area contributed by atoms with E-state index < -0.39 is 5.60 Å². The second-order valence-corrected chi connectivity index (χ2v) is 6.85. The fraction of sp³-hybridized carbons (Fsp3) is 0.368. The maximum absolute atomic E-state index is 12.2. The SMILES string of the molecule is CC(C)(C)OC(=O)N1CCc2cc(-c3ccccn3)ccc2C1. The number of amides is 1. The summed E-state index contributed by atoms with van der Waals surface area (Å²) in [5, 5.41) is 0. The number of hydrogen-bond acceptors (Lipinski definition) is 3. The molecule has 0 fully saturated rings. The highest BCUT2D eigenvalue weighted by Crippen LogP contribution is 2.26. The number of carbonyl (C=O) groups is 1. The molecule has 0 saturated carbocycles. The molecule has 4 heteroatoms. The number of carbonyl (C=O) groups excluding carboxylic acids is 1. The predicted octanol–water partition coefficient (Wildman–Crippen LogP) is 4.04. The Hall–Kier alpha value is -2.36. The maximum atomic E-state index is 12.2. The Morgan fingerprint density at radius 3 is 2.70 bits per heavy atom. The van der Waals surface area contributed by atoms with Gasteiger partial charge >= 0.3 is 6.09 Å². The van der Waals surface area contributed by atoms with Crippen molar-refractivity contribution in [2.75, 3.05) is 6.54 Å². The highest BCUT2D eigenvalue weighted by Gasteiger charge is 2.25. The van der Waals surface area contributed by atoms with Gasteiger partial charge in [0, 0.05) is 24.8 Å². The van der Waals surface area contributed by atoms with Crippen molar-refractivity contribution in [2.45, 2.75) is 39.3 Å².